The molecule has 0 unspecified atom stereocenters. The lowest BCUT2D eigenvalue weighted by atomic mass is 10.3. The van der Waals surface area contributed by atoms with Crippen molar-refractivity contribution in [2.45, 2.75) is 13.0 Å². The third kappa shape index (κ3) is 2.02. The van der Waals surface area contributed by atoms with E-state index >= 15 is 0 Å². The monoisotopic (exact) mass is 207 g/mol. The van der Waals surface area contributed by atoms with Gasteiger partial charge in [0.05, 0.1) is 10.2 Å². The summed E-state index contributed by atoms with van der Waals surface area (Å²) in [6, 6.07) is 8.27. The molecule has 1 heterocycles. The first-order chi connectivity index (χ1) is 6.75. The highest BCUT2D eigenvalue weighted by molar-refractivity contribution is 7.22. The molecule has 0 aliphatic rings. The van der Waals surface area contributed by atoms with E-state index in [2.05, 4.69) is 16.4 Å². The minimum absolute atomic E-state index is 0.155. The van der Waals surface area contributed by atoms with E-state index in [0.717, 1.165) is 17.2 Å². The van der Waals surface area contributed by atoms with E-state index in [1.54, 1.807) is 11.3 Å². The average molecular weight is 207 g/mol. The van der Waals surface area contributed by atoms with Crippen molar-refractivity contribution in [3.63, 3.8) is 0 Å². The Morgan fingerprint density at radius 3 is 3.00 bits per heavy atom. The van der Waals surface area contributed by atoms with E-state index in [1.807, 2.05) is 25.1 Å². The van der Waals surface area contributed by atoms with Gasteiger partial charge in [-0.25, -0.2) is 4.98 Å². The van der Waals surface area contributed by atoms with Crippen LogP contribution in [-0.2, 0) is 0 Å². The van der Waals surface area contributed by atoms with Crippen LogP contribution >= 0.6 is 11.3 Å². The van der Waals surface area contributed by atoms with E-state index in [4.69, 9.17) is 5.73 Å². The fraction of sp³-hybridized carbons (Fsp3) is 0.300. The van der Waals surface area contributed by atoms with Gasteiger partial charge < -0.3 is 11.1 Å². The third-order valence-electron chi connectivity index (χ3n) is 1.87. The number of nitrogens with zero attached hydrogens (tertiary/aromatic N) is 1. The van der Waals surface area contributed by atoms with Crippen LogP contribution in [0.2, 0.25) is 0 Å². The van der Waals surface area contributed by atoms with Crippen molar-refractivity contribution < 1.29 is 0 Å². The Kier molecular flexibility index (Phi) is 2.65. The van der Waals surface area contributed by atoms with Gasteiger partial charge in [0, 0.05) is 12.6 Å². The minimum Gasteiger partial charge on any atom is -0.360 e. The lowest BCUT2D eigenvalue weighted by Crippen LogP contribution is -2.25. The van der Waals surface area contributed by atoms with Crippen LogP contribution in [0.1, 0.15) is 6.92 Å². The van der Waals surface area contributed by atoms with Gasteiger partial charge in [-0.05, 0) is 19.1 Å². The molecule has 1 aromatic carbocycles. The summed E-state index contributed by atoms with van der Waals surface area (Å²) in [5, 5.41) is 4.16. The topological polar surface area (TPSA) is 50.9 Å². The second kappa shape index (κ2) is 3.94. The zero-order valence-electron chi connectivity index (χ0n) is 8.03. The molecule has 0 saturated heterocycles. The summed E-state index contributed by atoms with van der Waals surface area (Å²) >= 11 is 1.66. The molecule has 0 aliphatic carbocycles. The SMILES string of the molecule is C[C@@H](N)CNc1nc2ccccc2s1. The van der Waals surface area contributed by atoms with E-state index in [0.29, 0.717) is 0 Å². The normalized spacial score (nSPS) is 13.0. The van der Waals surface area contributed by atoms with Crippen LogP contribution in [0.15, 0.2) is 24.3 Å². The predicted octanol–water partition coefficient (Wildman–Crippen LogP) is 2.06. The van der Waals surface area contributed by atoms with Crippen molar-refractivity contribution in [3.05, 3.63) is 24.3 Å². The Hall–Kier alpha value is -1.13. The molecule has 0 aliphatic heterocycles. The summed E-state index contributed by atoms with van der Waals surface area (Å²) in [5.74, 6) is 0. The van der Waals surface area contributed by atoms with Crippen LogP contribution in [-0.4, -0.2) is 17.6 Å². The second-order valence-electron chi connectivity index (χ2n) is 3.34. The van der Waals surface area contributed by atoms with Gasteiger partial charge in [-0.15, -0.1) is 0 Å². The maximum Gasteiger partial charge on any atom is 0.183 e. The number of nitrogens with two attached hydrogens (primary N) is 1. The van der Waals surface area contributed by atoms with Crippen LogP contribution < -0.4 is 11.1 Å². The van der Waals surface area contributed by atoms with E-state index in [-0.39, 0.29) is 6.04 Å². The summed E-state index contributed by atoms with van der Waals surface area (Å²) in [5.41, 5.74) is 6.69. The van der Waals surface area contributed by atoms with Crippen LogP contribution in [0.4, 0.5) is 5.13 Å². The average Bonchev–Trinajstić information content (AvgIpc) is 2.57. The number of fused-ring (bicyclic) bond motifs is 1. The standard InChI is InChI=1S/C10H13N3S/c1-7(11)6-12-10-13-8-4-2-3-5-9(8)14-10/h2-5,7H,6,11H2,1H3,(H,12,13)/t7-/m1/s1. The number of aromatic nitrogens is 1. The van der Waals surface area contributed by atoms with E-state index < -0.39 is 0 Å². The zero-order chi connectivity index (χ0) is 9.97. The highest BCUT2D eigenvalue weighted by atomic mass is 32.1. The summed E-state index contributed by atoms with van der Waals surface area (Å²) < 4.78 is 1.21. The Labute approximate surface area is 87.0 Å². The largest absolute Gasteiger partial charge is 0.360 e. The van der Waals surface area contributed by atoms with Crippen LogP contribution in [0.5, 0.6) is 0 Å². The number of para-hydroxylation sites is 1. The lowest BCUT2D eigenvalue weighted by Gasteiger charge is -2.04. The first-order valence-corrected chi connectivity index (χ1v) is 5.42. The predicted molar refractivity (Wildman–Crippen MR) is 61.8 cm³/mol. The summed E-state index contributed by atoms with van der Waals surface area (Å²) in [6.45, 7) is 2.74. The first kappa shape index (κ1) is 9.43. The van der Waals surface area contributed by atoms with Gasteiger partial charge in [-0.3, -0.25) is 0 Å². The number of thiazole rings is 1. The molecule has 0 radical (unpaired) electrons. The molecule has 3 nitrogen and oxygen atoms in total. The highest BCUT2D eigenvalue weighted by Crippen LogP contribution is 2.24. The van der Waals surface area contributed by atoms with Crippen molar-refractivity contribution in [3.8, 4) is 0 Å². The number of hydrogen-bond donors (Lipinski definition) is 2. The molecule has 0 saturated carbocycles. The van der Waals surface area contributed by atoms with Gasteiger partial charge in [-0.2, -0.15) is 0 Å². The van der Waals surface area contributed by atoms with Crippen molar-refractivity contribution in [2.75, 3.05) is 11.9 Å². The number of hydrogen-bond acceptors (Lipinski definition) is 4. The number of nitrogens with one attached hydrogen (secondary N) is 1. The molecular formula is C10H13N3S. The molecule has 0 amide bonds. The van der Waals surface area contributed by atoms with Gasteiger partial charge in [0.15, 0.2) is 5.13 Å². The fourth-order valence-corrected chi connectivity index (χ4v) is 2.07. The molecule has 2 rings (SSSR count). The Morgan fingerprint density at radius 1 is 1.50 bits per heavy atom. The number of anilines is 1. The fourth-order valence-electron chi connectivity index (χ4n) is 1.20. The summed E-state index contributed by atoms with van der Waals surface area (Å²) in [6.07, 6.45) is 0. The molecule has 0 spiro atoms. The van der Waals surface area contributed by atoms with Crippen molar-refractivity contribution in [2.24, 2.45) is 5.73 Å². The van der Waals surface area contributed by atoms with Crippen molar-refractivity contribution in [1.29, 1.82) is 0 Å². The van der Waals surface area contributed by atoms with Crippen molar-refractivity contribution >= 4 is 26.7 Å². The van der Waals surface area contributed by atoms with E-state index in [1.165, 1.54) is 4.70 Å². The Morgan fingerprint density at radius 2 is 2.29 bits per heavy atom. The highest BCUT2D eigenvalue weighted by Gasteiger charge is 2.02. The van der Waals surface area contributed by atoms with Crippen LogP contribution in [0, 0.1) is 0 Å². The second-order valence-corrected chi connectivity index (χ2v) is 4.38. The molecule has 4 heteroatoms. The van der Waals surface area contributed by atoms with Gasteiger partial charge in [0.2, 0.25) is 0 Å². The molecule has 2 aromatic rings. The van der Waals surface area contributed by atoms with Gasteiger partial charge in [-0.1, -0.05) is 23.5 Å². The van der Waals surface area contributed by atoms with Crippen LogP contribution in [0.25, 0.3) is 10.2 Å². The first-order valence-electron chi connectivity index (χ1n) is 4.61. The smallest absolute Gasteiger partial charge is 0.183 e. The molecule has 1 aromatic heterocycles. The Balaban J connectivity index is 2.19. The molecular weight excluding hydrogens is 194 g/mol. The third-order valence-corrected chi connectivity index (χ3v) is 2.86. The van der Waals surface area contributed by atoms with Gasteiger partial charge in [0.1, 0.15) is 0 Å². The van der Waals surface area contributed by atoms with E-state index in [9.17, 15) is 0 Å². The maximum absolute atomic E-state index is 5.65. The Bertz CT molecular complexity index is 389. The maximum atomic E-state index is 5.65. The zero-order valence-corrected chi connectivity index (χ0v) is 8.84. The van der Waals surface area contributed by atoms with Gasteiger partial charge in [0.25, 0.3) is 0 Å². The summed E-state index contributed by atoms with van der Waals surface area (Å²) in [7, 11) is 0. The summed E-state index contributed by atoms with van der Waals surface area (Å²) in [4.78, 5) is 4.44. The quantitative estimate of drug-likeness (QED) is 0.810. The molecule has 74 valence electrons. The number of benzene rings is 1. The molecule has 14 heavy (non-hydrogen) atoms. The molecule has 1 atom stereocenters. The molecule has 0 fully saturated rings. The van der Waals surface area contributed by atoms with Crippen molar-refractivity contribution in [1.82, 2.24) is 4.98 Å². The van der Waals surface area contributed by atoms with Crippen LogP contribution in [0.3, 0.4) is 0 Å². The lowest BCUT2D eigenvalue weighted by molar-refractivity contribution is 0.779. The van der Waals surface area contributed by atoms with Gasteiger partial charge >= 0.3 is 0 Å². The minimum atomic E-state index is 0.155. The molecule has 3 N–H and O–H groups in total. The molecule has 0 bridgehead atoms. The number of rotatable bonds is 3.